The Labute approximate surface area is 282 Å². The number of piperazine rings is 1. The summed E-state index contributed by atoms with van der Waals surface area (Å²) in [4.78, 5) is 41.1. The van der Waals surface area contributed by atoms with Crippen molar-refractivity contribution in [1.82, 2.24) is 28.4 Å². The fourth-order valence-corrected chi connectivity index (χ4v) is 7.14. The third-order valence-corrected chi connectivity index (χ3v) is 9.85. The van der Waals surface area contributed by atoms with Gasteiger partial charge in [-0.3, -0.25) is 19.1 Å². The van der Waals surface area contributed by atoms with Crippen molar-refractivity contribution in [1.29, 1.82) is 0 Å². The third kappa shape index (κ3) is 5.47. The molecule has 0 amide bonds. The normalized spacial score (nSPS) is 17.1. The van der Waals surface area contributed by atoms with Gasteiger partial charge in [0.15, 0.2) is 0 Å². The average Bonchev–Trinajstić information content (AvgIpc) is 3.45. The third-order valence-electron chi connectivity index (χ3n) is 9.85. The van der Waals surface area contributed by atoms with Crippen LogP contribution >= 0.6 is 0 Å². The molecule has 0 saturated carbocycles. The van der Waals surface area contributed by atoms with E-state index < -0.39 is 0 Å². The molecule has 49 heavy (non-hydrogen) atoms. The van der Waals surface area contributed by atoms with Crippen LogP contribution < -0.4 is 21.3 Å². The van der Waals surface area contributed by atoms with Crippen molar-refractivity contribution < 1.29 is 9.84 Å². The topological polar surface area (TPSA) is 122 Å². The lowest BCUT2D eigenvalue weighted by Gasteiger charge is -2.46. The molecule has 0 aliphatic carbocycles. The summed E-state index contributed by atoms with van der Waals surface area (Å²) in [6, 6.07) is 16.3. The summed E-state index contributed by atoms with van der Waals surface area (Å²) in [5.41, 5.74) is 5.25. The van der Waals surface area contributed by atoms with Gasteiger partial charge in [-0.25, -0.2) is 9.97 Å². The number of hydrogen-bond donors (Lipinski definition) is 2. The molecule has 2 saturated heterocycles. The van der Waals surface area contributed by atoms with Gasteiger partial charge in [-0.05, 0) is 61.9 Å². The summed E-state index contributed by atoms with van der Waals surface area (Å²) in [5.74, 6) is 0.869. The molecule has 8 rings (SSSR count). The van der Waals surface area contributed by atoms with Gasteiger partial charge in [0.25, 0.3) is 11.1 Å². The molecule has 0 radical (unpaired) electrons. The SMILES string of the molecule is Cc1ccc2c(c1)cc1c(=O)n(-c3nccc(-c4cc(Nc5ccc(N6CCN(C7COC7)C[C@@H]6C)cn5)c(=O)n(C)c4)c3CO)ccn12. The number of nitrogens with zero attached hydrogens (tertiary/aromatic N) is 7. The van der Waals surface area contributed by atoms with Crippen molar-refractivity contribution in [2.45, 2.75) is 32.5 Å². The lowest BCUT2D eigenvalue weighted by molar-refractivity contribution is -0.0691. The Morgan fingerprint density at radius 1 is 0.980 bits per heavy atom. The number of ether oxygens (including phenoxy) is 1. The molecule has 2 aliphatic heterocycles. The second-order valence-electron chi connectivity index (χ2n) is 13.1. The number of benzene rings is 1. The van der Waals surface area contributed by atoms with Gasteiger partial charge in [-0.15, -0.1) is 0 Å². The Bertz CT molecular complexity index is 2320. The summed E-state index contributed by atoms with van der Waals surface area (Å²) in [7, 11) is 1.68. The van der Waals surface area contributed by atoms with Gasteiger partial charge in [-0.2, -0.15) is 0 Å². The predicted octanol–water partition coefficient (Wildman–Crippen LogP) is 3.85. The molecule has 1 atom stereocenters. The fraction of sp³-hybridized carbons (Fsp3) is 0.297. The van der Waals surface area contributed by atoms with Crippen molar-refractivity contribution in [2.75, 3.05) is 43.1 Å². The second-order valence-corrected chi connectivity index (χ2v) is 13.1. The minimum Gasteiger partial charge on any atom is -0.392 e. The van der Waals surface area contributed by atoms with E-state index in [2.05, 4.69) is 32.0 Å². The van der Waals surface area contributed by atoms with Gasteiger partial charge in [0, 0.05) is 74.0 Å². The van der Waals surface area contributed by atoms with Crippen LogP contribution in [0.15, 0.2) is 89.1 Å². The maximum Gasteiger partial charge on any atom is 0.280 e. The zero-order chi connectivity index (χ0) is 33.8. The Balaban J connectivity index is 1.09. The zero-order valence-electron chi connectivity index (χ0n) is 27.7. The molecule has 12 nitrogen and oxygen atoms in total. The highest BCUT2D eigenvalue weighted by Gasteiger charge is 2.32. The fourth-order valence-electron chi connectivity index (χ4n) is 7.14. The molecule has 6 aromatic rings. The van der Waals surface area contributed by atoms with Crippen LogP contribution in [-0.2, 0) is 18.4 Å². The van der Waals surface area contributed by atoms with E-state index in [4.69, 9.17) is 4.74 Å². The van der Waals surface area contributed by atoms with Gasteiger partial charge in [-0.1, -0.05) is 11.6 Å². The lowest BCUT2D eigenvalue weighted by Crippen LogP contribution is -2.59. The van der Waals surface area contributed by atoms with Gasteiger partial charge < -0.3 is 29.0 Å². The summed E-state index contributed by atoms with van der Waals surface area (Å²) in [5, 5.41) is 14.8. The van der Waals surface area contributed by atoms with Gasteiger partial charge in [0.1, 0.15) is 22.8 Å². The Morgan fingerprint density at radius 3 is 2.57 bits per heavy atom. The van der Waals surface area contributed by atoms with Crippen molar-refractivity contribution >= 4 is 33.6 Å². The van der Waals surface area contributed by atoms with Crippen molar-refractivity contribution in [3.05, 3.63) is 111 Å². The number of fused-ring (bicyclic) bond motifs is 3. The minimum atomic E-state index is -0.367. The first-order chi connectivity index (χ1) is 23.8. The van der Waals surface area contributed by atoms with E-state index in [0.717, 1.165) is 55.0 Å². The van der Waals surface area contributed by atoms with E-state index in [9.17, 15) is 14.7 Å². The van der Waals surface area contributed by atoms with E-state index in [1.165, 1.54) is 9.13 Å². The largest absolute Gasteiger partial charge is 0.392 e. The van der Waals surface area contributed by atoms with Crippen molar-refractivity contribution in [3.63, 3.8) is 0 Å². The summed E-state index contributed by atoms with van der Waals surface area (Å²) in [6.45, 7) is 8.41. The predicted molar refractivity (Wildman–Crippen MR) is 190 cm³/mol. The lowest BCUT2D eigenvalue weighted by atomic mass is 10.0. The van der Waals surface area contributed by atoms with Crippen LogP contribution in [0, 0.1) is 6.92 Å². The molecular weight excluding hydrogens is 620 g/mol. The van der Waals surface area contributed by atoms with Crippen LogP contribution in [0.2, 0.25) is 0 Å². The van der Waals surface area contributed by atoms with Gasteiger partial charge >= 0.3 is 0 Å². The number of aryl methyl sites for hydroxylation is 2. The molecule has 0 unspecified atom stereocenters. The number of aliphatic hydroxyl groups excluding tert-OH is 1. The van der Waals surface area contributed by atoms with Crippen LogP contribution in [0.4, 0.5) is 17.2 Å². The number of aromatic nitrogens is 5. The molecule has 1 aromatic carbocycles. The molecule has 2 fully saturated rings. The van der Waals surface area contributed by atoms with Crippen LogP contribution in [0.25, 0.3) is 33.4 Å². The second kappa shape index (κ2) is 12.3. The summed E-state index contributed by atoms with van der Waals surface area (Å²) < 4.78 is 10.2. The molecule has 7 heterocycles. The quantitative estimate of drug-likeness (QED) is 0.264. The van der Waals surface area contributed by atoms with Crippen LogP contribution in [-0.4, -0.2) is 78.4 Å². The first kappa shape index (κ1) is 31.0. The molecule has 5 aromatic heterocycles. The van der Waals surface area contributed by atoms with E-state index in [1.807, 2.05) is 60.1 Å². The Morgan fingerprint density at radius 2 is 1.84 bits per heavy atom. The highest BCUT2D eigenvalue weighted by molar-refractivity contribution is 5.87. The van der Waals surface area contributed by atoms with E-state index in [1.54, 1.807) is 37.8 Å². The maximum atomic E-state index is 13.8. The molecular formula is C37H38N8O4. The maximum absolute atomic E-state index is 13.8. The zero-order valence-corrected chi connectivity index (χ0v) is 27.7. The van der Waals surface area contributed by atoms with Gasteiger partial charge in [0.05, 0.1) is 43.3 Å². The highest BCUT2D eigenvalue weighted by atomic mass is 16.5. The summed E-state index contributed by atoms with van der Waals surface area (Å²) in [6.07, 6.45) is 8.68. The van der Waals surface area contributed by atoms with E-state index in [-0.39, 0.29) is 17.7 Å². The standard InChI is InChI=1S/C37H38N8O4/c1-23-4-6-32-25(14-23)16-33-37(48)45(13-12-44(32)33)35-30(20-46)29(8-9-38-35)26-15-31(36(47)41(3)19-26)40-34-7-5-27(17-39-34)43-11-10-42(18-24(43)2)28-21-49-22-28/h4-9,12-17,19,24,28,46H,10-11,18,20-22H2,1-3H3,(H,39,40)/t24-/m0/s1. The number of pyridine rings is 3. The molecule has 2 N–H and O–H groups in total. The Kier molecular flexibility index (Phi) is 7.78. The highest BCUT2D eigenvalue weighted by Crippen LogP contribution is 2.30. The smallest absolute Gasteiger partial charge is 0.280 e. The van der Waals surface area contributed by atoms with Crippen molar-refractivity contribution in [3.8, 4) is 16.9 Å². The van der Waals surface area contributed by atoms with E-state index in [0.29, 0.717) is 51.6 Å². The van der Waals surface area contributed by atoms with Crippen LogP contribution in [0.3, 0.4) is 0 Å². The first-order valence-corrected chi connectivity index (χ1v) is 16.5. The number of aliphatic hydroxyl groups is 1. The molecule has 2 aliphatic rings. The first-order valence-electron chi connectivity index (χ1n) is 16.5. The number of hydrogen-bond acceptors (Lipinski definition) is 9. The van der Waals surface area contributed by atoms with Crippen LogP contribution in [0.5, 0.6) is 0 Å². The Hall–Kier alpha value is -5.30. The number of rotatable bonds is 7. The van der Waals surface area contributed by atoms with Crippen LogP contribution in [0.1, 0.15) is 18.1 Å². The van der Waals surface area contributed by atoms with Gasteiger partial charge in [0.2, 0.25) is 0 Å². The van der Waals surface area contributed by atoms with E-state index >= 15 is 0 Å². The summed E-state index contributed by atoms with van der Waals surface area (Å²) >= 11 is 0. The number of anilines is 3. The number of nitrogens with one attached hydrogen (secondary N) is 1. The average molecular weight is 659 g/mol. The monoisotopic (exact) mass is 658 g/mol. The minimum absolute atomic E-state index is 0.226. The molecule has 0 bridgehead atoms. The molecule has 250 valence electrons. The molecule has 12 heteroatoms. The van der Waals surface area contributed by atoms with Crippen molar-refractivity contribution in [2.24, 2.45) is 7.05 Å². The molecule has 0 spiro atoms.